The fourth-order valence-corrected chi connectivity index (χ4v) is 3.15. The van der Waals surface area contributed by atoms with Crippen molar-refractivity contribution in [2.45, 2.75) is 26.8 Å². The monoisotopic (exact) mass is 344 g/mol. The topological polar surface area (TPSA) is 102 Å². The number of nitrogens with zero attached hydrogens (tertiary/aromatic N) is 4. The minimum absolute atomic E-state index is 0.00990. The molecular weight excluding hydrogens is 324 g/mol. The van der Waals surface area contributed by atoms with E-state index in [9.17, 15) is 20.0 Å². The Kier molecular flexibility index (Phi) is 4.40. The predicted octanol–water partition coefficient (Wildman–Crippen LogP) is 1.04. The van der Waals surface area contributed by atoms with Crippen LogP contribution >= 0.6 is 0 Å². The van der Waals surface area contributed by atoms with Crippen LogP contribution in [-0.2, 0) is 6.54 Å². The molecule has 8 nitrogen and oxygen atoms in total. The van der Waals surface area contributed by atoms with Gasteiger partial charge in [-0.1, -0.05) is 24.3 Å². The largest absolute Gasteiger partial charge is 0.633 e. The summed E-state index contributed by atoms with van der Waals surface area (Å²) in [6, 6.07) is 6.46. The van der Waals surface area contributed by atoms with Gasteiger partial charge in [0.1, 0.15) is 0 Å². The molecule has 1 aromatic carbocycles. The Morgan fingerprint density at radius 1 is 1.12 bits per heavy atom. The van der Waals surface area contributed by atoms with Gasteiger partial charge in [-0.3, -0.25) is 9.59 Å². The van der Waals surface area contributed by atoms with Gasteiger partial charge in [-0.15, -0.1) is 4.68 Å². The lowest BCUT2D eigenvalue weighted by Crippen LogP contribution is -2.45. The van der Waals surface area contributed by atoms with Crippen LogP contribution in [0.15, 0.2) is 24.3 Å². The number of benzene rings is 1. The van der Waals surface area contributed by atoms with Gasteiger partial charge in [-0.25, -0.2) is 0 Å². The van der Waals surface area contributed by atoms with Crippen LogP contribution in [0.2, 0.25) is 0 Å². The van der Waals surface area contributed by atoms with Crippen molar-refractivity contribution in [1.29, 1.82) is 0 Å². The number of ketones is 2. The summed E-state index contributed by atoms with van der Waals surface area (Å²) in [6.07, 6.45) is 0.416. The maximum absolute atomic E-state index is 12.7. The second kappa shape index (κ2) is 6.38. The van der Waals surface area contributed by atoms with Crippen LogP contribution in [0.4, 0.5) is 0 Å². The summed E-state index contributed by atoms with van der Waals surface area (Å²) in [5.74, 6) is -0.814. The molecule has 0 saturated heterocycles. The van der Waals surface area contributed by atoms with Crippen molar-refractivity contribution in [3.63, 3.8) is 0 Å². The van der Waals surface area contributed by atoms with Gasteiger partial charge >= 0.3 is 0 Å². The van der Waals surface area contributed by atoms with Crippen LogP contribution in [0.1, 0.15) is 52.4 Å². The number of fused-ring (bicyclic) bond motifs is 2. The number of aromatic nitrogens is 3. The zero-order valence-electron chi connectivity index (χ0n) is 14.3. The van der Waals surface area contributed by atoms with Gasteiger partial charge < -0.3 is 15.1 Å². The molecule has 0 aliphatic heterocycles. The fourth-order valence-electron chi connectivity index (χ4n) is 3.15. The first-order valence-corrected chi connectivity index (χ1v) is 8.38. The molecule has 0 radical (unpaired) electrons. The summed E-state index contributed by atoms with van der Waals surface area (Å²) in [6.45, 7) is 5.03. The van der Waals surface area contributed by atoms with Crippen molar-refractivity contribution in [2.75, 3.05) is 19.6 Å². The van der Waals surface area contributed by atoms with Crippen LogP contribution < -0.4 is 4.96 Å². The lowest BCUT2D eigenvalue weighted by Gasteiger charge is -2.41. The van der Waals surface area contributed by atoms with Gasteiger partial charge in [0.25, 0.3) is 0 Å². The number of quaternary nitrogens is 1. The van der Waals surface area contributed by atoms with Gasteiger partial charge in [-0.2, -0.15) is 0 Å². The number of carbonyl (C=O) groups is 2. The highest BCUT2D eigenvalue weighted by molar-refractivity contribution is 6.26. The number of carbonyl (C=O) groups excluding carboxylic acids is 2. The van der Waals surface area contributed by atoms with Crippen LogP contribution in [0.25, 0.3) is 0 Å². The Labute approximate surface area is 145 Å². The van der Waals surface area contributed by atoms with Gasteiger partial charge in [0.15, 0.2) is 5.69 Å². The van der Waals surface area contributed by atoms with Gasteiger partial charge in [-0.05, 0) is 13.8 Å². The molecule has 0 saturated carbocycles. The Bertz CT molecular complexity index is 839. The Morgan fingerprint density at radius 3 is 2.32 bits per heavy atom. The van der Waals surface area contributed by atoms with E-state index in [1.807, 2.05) is 13.8 Å². The first-order chi connectivity index (χ1) is 11.9. The molecule has 1 aliphatic rings. The quantitative estimate of drug-likeness (QED) is 0.288. The molecule has 0 bridgehead atoms. The standard InChI is InChI=1S/C17H20N4O4/c1-3-21(25,4-2)11-7-10-19-15-14(18-20(19)24)16(22)12-8-5-6-9-13(12)17(15)23/h5-6,8-9H,3-4,7,10-11H2,1-2H3. The van der Waals surface area contributed by atoms with E-state index < -0.39 is 5.78 Å². The van der Waals surface area contributed by atoms with E-state index in [4.69, 9.17) is 0 Å². The summed E-state index contributed by atoms with van der Waals surface area (Å²) in [7, 11) is 0. The summed E-state index contributed by atoms with van der Waals surface area (Å²) in [4.78, 5) is 25.5. The maximum atomic E-state index is 12.7. The summed E-state index contributed by atoms with van der Waals surface area (Å²) >= 11 is 0. The Morgan fingerprint density at radius 2 is 1.72 bits per heavy atom. The minimum atomic E-state index is -0.426. The van der Waals surface area contributed by atoms with E-state index in [0.29, 0.717) is 26.1 Å². The van der Waals surface area contributed by atoms with Crippen LogP contribution in [0.3, 0.4) is 0 Å². The zero-order chi connectivity index (χ0) is 18.2. The smallest absolute Gasteiger partial charge is 0.220 e. The second-order valence-corrected chi connectivity index (χ2v) is 6.14. The number of hydrogen-bond acceptors (Lipinski definition) is 5. The predicted molar refractivity (Wildman–Crippen MR) is 88.7 cm³/mol. The van der Waals surface area contributed by atoms with E-state index in [2.05, 4.69) is 5.10 Å². The van der Waals surface area contributed by atoms with Crippen LogP contribution in [-0.4, -0.2) is 45.6 Å². The van der Waals surface area contributed by atoms with E-state index >= 15 is 0 Å². The van der Waals surface area contributed by atoms with Crippen LogP contribution in [0, 0.1) is 10.4 Å². The van der Waals surface area contributed by atoms with E-state index in [0.717, 1.165) is 4.68 Å². The van der Waals surface area contributed by atoms with Gasteiger partial charge in [0, 0.05) is 27.6 Å². The normalized spacial score (nSPS) is 13.7. The Balaban J connectivity index is 1.90. The molecule has 132 valence electrons. The molecule has 1 aromatic heterocycles. The highest BCUT2D eigenvalue weighted by Crippen LogP contribution is 2.25. The van der Waals surface area contributed by atoms with Crippen molar-refractivity contribution in [3.05, 3.63) is 57.2 Å². The average Bonchev–Trinajstić information content (AvgIpc) is 2.96. The molecular formula is C17H20N4O4. The molecule has 0 atom stereocenters. The first-order valence-electron chi connectivity index (χ1n) is 8.38. The van der Waals surface area contributed by atoms with E-state index in [-0.39, 0.29) is 44.4 Å². The summed E-state index contributed by atoms with van der Waals surface area (Å²) in [5.41, 5.74) is 0.429. The maximum Gasteiger partial charge on any atom is 0.220 e. The first kappa shape index (κ1) is 17.2. The average molecular weight is 344 g/mol. The third-order valence-electron chi connectivity index (χ3n) is 4.81. The molecule has 0 unspecified atom stereocenters. The minimum Gasteiger partial charge on any atom is -0.633 e. The van der Waals surface area contributed by atoms with E-state index in [1.165, 1.54) is 0 Å². The Hall–Kier alpha value is -2.58. The van der Waals surface area contributed by atoms with Crippen molar-refractivity contribution < 1.29 is 19.2 Å². The highest BCUT2D eigenvalue weighted by Gasteiger charge is 2.39. The molecule has 0 spiro atoms. The number of rotatable bonds is 6. The lowest BCUT2D eigenvalue weighted by atomic mass is 9.90. The number of hydroxylamine groups is 3. The molecule has 25 heavy (non-hydrogen) atoms. The van der Waals surface area contributed by atoms with Crippen molar-refractivity contribution in [1.82, 2.24) is 9.78 Å². The molecule has 2 aromatic rings. The molecule has 1 heterocycles. The van der Waals surface area contributed by atoms with Crippen molar-refractivity contribution in [2.24, 2.45) is 0 Å². The SMILES string of the molecule is CC[N+]([O-])(CC)CCCn1c2c(n[n+]1[O-])C(=O)c1ccccc1C2=O. The molecule has 8 heteroatoms. The fraction of sp³-hybridized carbons (Fsp3) is 0.412. The highest BCUT2D eigenvalue weighted by atomic mass is 16.5. The van der Waals surface area contributed by atoms with Gasteiger partial charge in [0.2, 0.25) is 17.3 Å². The van der Waals surface area contributed by atoms with Crippen molar-refractivity contribution >= 4 is 11.6 Å². The van der Waals surface area contributed by atoms with Gasteiger partial charge in [0.05, 0.1) is 26.2 Å². The second-order valence-electron chi connectivity index (χ2n) is 6.14. The van der Waals surface area contributed by atoms with E-state index in [1.54, 1.807) is 24.3 Å². The molecule has 0 amide bonds. The third-order valence-corrected chi connectivity index (χ3v) is 4.81. The molecule has 0 N–H and O–H groups in total. The van der Waals surface area contributed by atoms with Crippen molar-refractivity contribution in [3.8, 4) is 0 Å². The lowest BCUT2D eigenvalue weighted by molar-refractivity contribution is -0.877. The summed E-state index contributed by atoms with van der Waals surface area (Å²) in [5, 5.41) is 28.2. The molecule has 1 aliphatic carbocycles. The zero-order valence-corrected chi connectivity index (χ0v) is 14.3. The number of hydrogen-bond donors (Lipinski definition) is 0. The third kappa shape index (κ3) is 2.83. The molecule has 0 fully saturated rings. The van der Waals surface area contributed by atoms with Crippen LogP contribution in [0.5, 0.6) is 0 Å². The molecule has 3 rings (SSSR count). The summed E-state index contributed by atoms with van der Waals surface area (Å²) < 4.78 is 0.798.